The Hall–Kier alpha value is -3.25. The summed E-state index contributed by atoms with van der Waals surface area (Å²) in [5, 5.41) is 6.78. The number of nitrogens with zero attached hydrogens (tertiary/aromatic N) is 1. The fraction of sp³-hybridized carbons (Fsp3) is 0.143. The molecule has 0 radical (unpaired) electrons. The lowest BCUT2D eigenvalue weighted by Gasteiger charge is -2.10. The molecule has 0 atom stereocenters. The predicted molar refractivity (Wildman–Crippen MR) is 107 cm³/mol. The Labute approximate surface area is 167 Å². The molecule has 0 aliphatic carbocycles. The van der Waals surface area contributed by atoms with E-state index in [1.807, 2.05) is 43.3 Å². The van der Waals surface area contributed by atoms with Crippen LogP contribution >= 0.6 is 11.6 Å². The third-order valence-electron chi connectivity index (χ3n) is 4.35. The molecule has 1 aliphatic rings. The lowest BCUT2D eigenvalue weighted by molar-refractivity contribution is 0.0950. The van der Waals surface area contributed by atoms with E-state index in [1.165, 1.54) is 6.20 Å². The van der Waals surface area contributed by atoms with Gasteiger partial charge in [0.25, 0.3) is 5.91 Å². The third-order valence-corrected chi connectivity index (χ3v) is 4.76. The summed E-state index contributed by atoms with van der Waals surface area (Å²) in [5.41, 5.74) is 3.92. The molecule has 2 aromatic carbocycles. The number of hydrogen-bond donors (Lipinski definition) is 2. The third kappa shape index (κ3) is 4.02. The van der Waals surface area contributed by atoms with Gasteiger partial charge in [-0.1, -0.05) is 23.7 Å². The predicted octanol–water partition coefficient (Wildman–Crippen LogP) is 4.45. The maximum absolute atomic E-state index is 12.5. The van der Waals surface area contributed by atoms with E-state index < -0.39 is 0 Å². The molecule has 0 saturated heterocycles. The quantitative estimate of drug-likeness (QED) is 0.668. The minimum atomic E-state index is -0.212. The molecule has 7 heteroatoms. The maximum Gasteiger partial charge on any atom is 0.253 e. The summed E-state index contributed by atoms with van der Waals surface area (Å²) in [5.74, 6) is 1.20. The van der Waals surface area contributed by atoms with E-state index in [2.05, 4.69) is 15.6 Å². The minimum Gasteiger partial charge on any atom is -0.454 e. The minimum absolute atomic E-state index is 0.212. The zero-order valence-corrected chi connectivity index (χ0v) is 15.9. The van der Waals surface area contributed by atoms with Crippen molar-refractivity contribution in [1.29, 1.82) is 0 Å². The van der Waals surface area contributed by atoms with Crippen molar-refractivity contribution in [3.05, 3.63) is 76.6 Å². The van der Waals surface area contributed by atoms with Gasteiger partial charge in [-0.2, -0.15) is 0 Å². The Kier molecular flexibility index (Phi) is 5.04. The molecule has 4 rings (SSSR count). The SMILES string of the molecule is Cc1ccc(Nc2cncc(C(=O)NCc3ccc4c(c3)OCO4)c2)cc1Cl. The number of rotatable bonds is 5. The average Bonchev–Trinajstić information content (AvgIpc) is 3.17. The first kappa shape index (κ1) is 18.1. The second-order valence-electron chi connectivity index (χ2n) is 6.42. The van der Waals surface area contributed by atoms with E-state index in [1.54, 1.807) is 12.3 Å². The van der Waals surface area contributed by atoms with Crippen LogP contribution in [0.2, 0.25) is 5.02 Å². The molecule has 1 aromatic heterocycles. The van der Waals surface area contributed by atoms with E-state index in [0.29, 0.717) is 34.3 Å². The summed E-state index contributed by atoms with van der Waals surface area (Å²) >= 11 is 6.16. The number of anilines is 2. The Morgan fingerprint density at radius 2 is 1.93 bits per heavy atom. The van der Waals surface area contributed by atoms with Crippen molar-refractivity contribution in [2.24, 2.45) is 0 Å². The molecule has 6 nitrogen and oxygen atoms in total. The topological polar surface area (TPSA) is 72.5 Å². The van der Waals surface area contributed by atoms with Crippen molar-refractivity contribution >= 4 is 28.9 Å². The van der Waals surface area contributed by atoms with Gasteiger partial charge in [0, 0.05) is 23.5 Å². The van der Waals surface area contributed by atoms with Crippen LogP contribution in [0.1, 0.15) is 21.5 Å². The summed E-state index contributed by atoms with van der Waals surface area (Å²) in [4.78, 5) is 16.7. The molecule has 142 valence electrons. The second-order valence-corrected chi connectivity index (χ2v) is 6.83. The monoisotopic (exact) mass is 395 g/mol. The van der Waals surface area contributed by atoms with Crippen molar-refractivity contribution in [3.63, 3.8) is 0 Å². The highest BCUT2D eigenvalue weighted by Crippen LogP contribution is 2.32. The number of aromatic nitrogens is 1. The Morgan fingerprint density at radius 3 is 2.79 bits per heavy atom. The maximum atomic E-state index is 12.5. The van der Waals surface area contributed by atoms with Gasteiger partial charge in [-0.05, 0) is 48.4 Å². The molecule has 3 aromatic rings. The van der Waals surface area contributed by atoms with Crippen molar-refractivity contribution in [3.8, 4) is 11.5 Å². The van der Waals surface area contributed by atoms with Crippen LogP contribution in [0.25, 0.3) is 0 Å². The van der Waals surface area contributed by atoms with Crippen LogP contribution in [0, 0.1) is 6.92 Å². The number of fused-ring (bicyclic) bond motifs is 1. The Morgan fingerprint density at radius 1 is 1.07 bits per heavy atom. The van der Waals surface area contributed by atoms with Gasteiger partial charge in [-0.15, -0.1) is 0 Å². The molecular formula is C21H18ClN3O3. The first-order valence-electron chi connectivity index (χ1n) is 8.73. The lowest BCUT2D eigenvalue weighted by atomic mass is 10.2. The fourth-order valence-corrected chi connectivity index (χ4v) is 2.99. The second kappa shape index (κ2) is 7.78. The van der Waals surface area contributed by atoms with Gasteiger partial charge in [0.15, 0.2) is 11.5 Å². The van der Waals surface area contributed by atoms with Crippen LogP contribution in [0.15, 0.2) is 54.9 Å². The molecule has 0 unspecified atom stereocenters. The van der Waals surface area contributed by atoms with Gasteiger partial charge in [0.05, 0.1) is 17.4 Å². The number of benzene rings is 2. The number of nitrogens with one attached hydrogen (secondary N) is 2. The van der Waals surface area contributed by atoms with Crippen LogP contribution < -0.4 is 20.1 Å². The first-order chi connectivity index (χ1) is 13.6. The molecule has 0 fully saturated rings. The van der Waals surface area contributed by atoms with E-state index in [-0.39, 0.29) is 12.7 Å². The van der Waals surface area contributed by atoms with Crippen LogP contribution in [0.4, 0.5) is 11.4 Å². The average molecular weight is 396 g/mol. The standard InChI is InChI=1S/C21H18ClN3O3/c1-13-2-4-16(8-18(13)22)25-17-7-15(10-23-11-17)21(26)24-9-14-3-5-19-20(6-14)28-12-27-19/h2-8,10-11,25H,9,12H2,1H3,(H,24,26). The zero-order valence-electron chi connectivity index (χ0n) is 15.2. The van der Waals surface area contributed by atoms with Gasteiger partial charge in [-0.3, -0.25) is 9.78 Å². The van der Waals surface area contributed by atoms with Crippen LogP contribution in [-0.4, -0.2) is 17.7 Å². The summed E-state index contributed by atoms with van der Waals surface area (Å²) in [6.07, 6.45) is 3.19. The fourth-order valence-electron chi connectivity index (χ4n) is 2.81. The van der Waals surface area contributed by atoms with Gasteiger partial charge < -0.3 is 20.1 Å². The van der Waals surface area contributed by atoms with Crippen molar-refractivity contribution in [1.82, 2.24) is 10.3 Å². The zero-order chi connectivity index (χ0) is 19.5. The smallest absolute Gasteiger partial charge is 0.253 e. The lowest BCUT2D eigenvalue weighted by Crippen LogP contribution is -2.23. The molecule has 1 aliphatic heterocycles. The van der Waals surface area contributed by atoms with Crippen molar-refractivity contribution < 1.29 is 14.3 Å². The van der Waals surface area contributed by atoms with Crippen LogP contribution in [0.3, 0.4) is 0 Å². The van der Waals surface area contributed by atoms with Gasteiger partial charge >= 0.3 is 0 Å². The number of amides is 1. The van der Waals surface area contributed by atoms with E-state index in [9.17, 15) is 4.79 Å². The van der Waals surface area contributed by atoms with Gasteiger partial charge in [-0.25, -0.2) is 0 Å². The molecule has 0 bridgehead atoms. The molecule has 1 amide bonds. The molecule has 28 heavy (non-hydrogen) atoms. The largest absolute Gasteiger partial charge is 0.454 e. The number of ether oxygens (including phenoxy) is 2. The molecular weight excluding hydrogens is 378 g/mol. The van der Waals surface area contributed by atoms with Crippen LogP contribution in [-0.2, 0) is 6.54 Å². The number of pyridine rings is 1. The van der Waals surface area contributed by atoms with Gasteiger partial charge in [0.1, 0.15) is 0 Å². The Bertz CT molecular complexity index is 1040. The highest BCUT2D eigenvalue weighted by molar-refractivity contribution is 6.31. The molecule has 0 saturated carbocycles. The molecule has 0 spiro atoms. The molecule has 2 heterocycles. The summed E-state index contributed by atoms with van der Waals surface area (Å²) in [7, 11) is 0. The number of carbonyl (C=O) groups is 1. The van der Waals surface area contributed by atoms with E-state index in [4.69, 9.17) is 21.1 Å². The van der Waals surface area contributed by atoms with E-state index >= 15 is 0 Å². The van der Waals surface area contributed by atoms with E-state index in [0.717, 1.165) is 16.8 Å². The number of carbonyl (C=O) groups excluding carboxylic acids is 1. The van der Waals surface area contributed by atoms with Gasteiger partial charge in [0.2, 0.25) is 6.79 Å². The van der Waals surface area contributed by atoms with Crippen LogP contribution in [0.5, 0.6) is 11.5 Å². The first-order valence-corrected chi connectivity index (χ1v) is 9.11. The number of halogens is 1. The molecule has 2 N–H and O–H groups in total. The van der Waals surface area contributed by atoms with Crippen molar-refractivity contribution in [2.75, 3.05) is 12.1 Å². The number of aryl methyl sites for hydroxylation is 1. The Balaban J connectivity index is 1.41. The summed E-state index contributed by atoms with van der Waals surface area (Å²) in [6.45, 7) is 2.54. The highest BCUT2D eigenvalue weighted by atomic mass is 35.5. The summed E-state index contributed by atoms with van der Waals surface area (Å²) < 4.78 is 10.6. The summed E-state index contributed by atoms with van der Waals surface area (Å²) in [6, 6.07) is 13.0. The number of hydrogen-bond acceptors (Lipinski definition) is 5. The van der Waals surface area contributed by atoms with Crippen molar-refractivity contribution in [2.45, 2.75) is 13.5 Å². The normalized spacial score (nSPS) is 11.9. The highest BCUT2D eigenvalue weighted by Gasteiger charge is 2.14.